The molecule has 4 heteroatoms. The molecule has 3 rings (SSSR count). The molecule has 2 heterocycles. The summed E-state index contributed by atoms with van der Waals surface area (Å²) in [7, 11) is 0. The van der Waals surface area contributed by atoms with Crippen molar-refractivity contribution in [3.8, 4) is 6.07 Å². The Balaban J connectivity index is 1.62. The third-order valence-corrected chi connectivity index (χ3v) is 4.51. The normalized spacial score (nSPS) is 26.2. The first-order valence-electron chi connectivity index (χ1n) is 7.43. The summed E-state index contributed by atoms with van der Waals surface area (Å²) in [5.41, 5.74) is 1.25. The molecule has 0 spiro atoms. The van der Waals surface area contributed by atoms with E-state index in [0.717, 1.165) is 5.56 Å². The smallest absolute Gasteiger partial charge is 0.124 e. The van der Waals surface area contributed by atoms with E-state index in [2.05, 4.69) is 10.2 Å². The van der Waals surface area contributed by atoms with Crippen LogP contribution in [0.25, 0.3) is 0 Å². The molecule has 2 aliphatic rings. The van der Waals surface area contributed by atoms with Crippen molar-refractivity contribution in [1.82, 2.24) is 10.2 Å². The van der Waals surface area contributed by atoms with E-state index in [0.29, 0.717) is 24.2 Å². The van der Waals surface area contributed by atoms with Gasteiger partial charge in [-0.15, -0.1) is 0 Å². The lowest BCUT2D eigenvalue weighted by atomic mass is 9.99. The number of nitrogens with zero attached hydrogens (tertiary/aromatic N) is 2. The molecule has 1 aromatic carbocycles. The van der Waals surface area contributed by atoms with Crippen molar-refractivity contribution in [1.29, 1.82) is 5.26 Å². The summed E-state index contributed by atoms with van der Waals surface area (Å²) in [5, 5.41) is 12.4. The summed E-state index contributed by atoms with van der Waals surface area (Å²) in [6.45, 7) is 3.04. The molecule has 1 aromatic rings. The maximum Gasteiger partial charge on any atom is 0.124 e. The molecule has 2 aliphatic heterocycles. The Labute approximate surface area is 119 Å². The number of rotatable bonds is 3. The van der Waals surface area contributed by atoms with Gasteiger partial charge in [0, 0.05) is 25.2 Å². The molecule has 0 amide bonds. The molecular weight excluding hydrogens is 253 g/mol. The maximum absolute atomic E-state index is 13.4. The first-order valence-corrected chi connectivity index (χ1v) is 7.43. The third-order valence-electron chi connectivity index (χ3n) is 4.51. The van der Waals surface area contributed by atoms with E-state index in [1.807, 2.05) is 6.07 Å². The number of piperidine rings is 1. The Morgan fingerprint density at radius 2 is 2.15 bits per heavy atom. The molecule has 1 N–H and O–H groups in total. The van der Waals surface area contributed by atoms with Crippen molar-refractivity contribution in [2.24, 2.45) is 0 Å². The van der Waals surface area contributed by atoms with Crippen LogP contribution in [0.4, 0.5) is 4.39 Å². The Morgan fingerprint density at radius 3 is 3.00 bits per heavy atom. The topological polar surface area (TPSA) is 39.1 Å². The molecule has 0 aliphatic carbocycles. The Morgan fingerprint density at radius 1 is 1.25 bits per heavy atom. The van der Waals surface area contributed by atoms with Crippen LogP contribution in [0.1, 0.15) is 36.8 Å². The van der Waals surface area contributed by atoms with Crippen LogP contribution in [0.5, 0.6) is 0 Å². The van der Waals surface area contributed by atoms with E-state index in [4.69, 9.17) is 5.26 Å². The van der Waals surface area contributed by atoms with Crippen molar-refractivity contribution in [2.45, 2.75) is 44.3 Å². The molecule has 2 unspecified atom stereocenters. The average molecular weight is 273 g/mol. The van der Waals surface area contributed by atoms with E-state index >= 15 is 0 Å². The van der Waals surface area contributed by atoms with E-state index in [-0.39, 0.29) is 5.82 Å². The minimum Gasteiger partial charge on any atom is -0.308 e. The molecule has 20 heavy (non-hydrogen) atoms. The van der Waals surface area contributed by atoms with E-state index in [1.165, 1.54) is 50.9 Å². The Bertz CT molecular complexity index is 523. The first-order chi connectivity index (χ1) is 9.76. The predicted octanol–water partition coefficient (Wildman–Crippen LogP) is 2.41. The van der Waals surface area contributed by atoms with Gasteiger partial charge in [0.15, 0.2) is 0 Å². The van der Waals surface area contributed by atoms with Crippen LogP contribution in [-0.2, 0) is 6.54 Å². The molecule has 2 atom stereocenters. The summed E-state index contributed by atoms with van der Waals surface area (Å²) >= 11 is 0. The van der Waals surface area contributed by atoms with Gasteiger partial charge in [-0.2, -0.15) is 5.26 Å². The van der Waals surface area contributed by atoms with E-state index in [9.17, 15) is 4.39 Å². The van der Waals surface area contributed by atoms with Crippen molar-refractivity contribution < 1.29 is 4.39 Å². The standard InChI is InChI=1S/C16H20FN3/c17-14-8-12(10-18)7-13(9-14)11-19-15-4-6-20-5-2-1-3-16(15)20/h7-9,15-16,19H,1-6,11H2. The van der Waals surface area contributed by atoms with Crippen LogP contribution in [0, 0.1) is 17.1 Å². The monoisotopic (exact) mass is 273 g/mol. The Hall–Kier alpha value is -1.44. The second-order valence-corrected chi connectivity index (χ2v) is 5.84. The van der Waals surface area contributed by atoms with E-state index < -0.39 is 0 Å². The summed E-state index contributed by atoms with van der Waals surface area (Å²) < 4.78 is 13.4. The van der Waals surface area contributed by atoms with Crippen LogP contribution in [-0.4, -0.2) is 30.1 Å². The molecule has 0 bridgehead atoms. The maximum atomic E-state index is 13.4. The van der Waals surface area contributed by atoms with Crippen molar-refractivity contribution >= 4 is 0 Å². The van der Waals surface area contributed by atoms with Gasteiger partial charge < -0.3 is 5.32 Å². The number of fused-ring (bicyclic) bond motifs is 1. The molecule has 106 valence electrons. The highest BCUT2D eigenvalue weighted by Crippen LogP contribution is 2.27. The molecule has 2 fully saturated rings. The van der Waals surface area contributed by atoms with Crippen LogP contribution >= 0.6 is 0 Å². The van der Waals surface area contributed by atoms with Gasteiger partial charge in [-0.25, -0.2) is 4.39 Å². The lowest BCUT2D eigenvalue weighted by molar-refractivity contribution is 0.180. The first kappa shape index (κ1) is 13.5. The fourth-order valence-electron chi connectivity index (χ4n) is 3.55. The highest BCUT2D eigenvalue weighted by Gasteiger charge is 2.34. The van der Waals surface area contributed by atoms with Gasteiger partial charge in [0.25, 0.3) is 0 Å². The van der Waals surface area contributed by atoms with Gasteiger partial charge >= 0.3 is 0 Å². The predicted molar refractivity (Wildman–Crippen MR) is 75.6 cm³/mol. The van der Waals surface area contributed by atoms with Gasteiger partial charge in [0.1, 0.15) is 5.82 Å². The summed E-state index contributed by atoms with van der Waals surface area (Å²) in [6.07, 6.45) is 5.08. The second kappa shape index (κ2) is 5.90. The summed E-state index contributed by atoms with van der Waals surface area (Å²) in [6, 6.07) is 7.72. The molecule has 0 aromatic heterocycles. The van der Waals surface area contributed by atoms with Crippen molar-refractivity contribution in [3.63, 3.8) is 0 Å². The van der Waals surface area contributed by atoms with Crippen LogP contribution in [0.15, 0.2) is 18.2 Å². The summed E-state index contributed by atoms with van der Waals surface area (Å²) in [5.74, 6) is -0.327. The minimum absolute atomic E-state index is 0.327. The van der Waals surface area contributed by atoms with Gasteiger partial charge in [-0.1, -0.05) is 6.42 Å². The molecule has 2 saturated heterocycles. The zero-order valence-corrected chi connectivity index (χ0v) is 11.6. The van der Waals surface area contributed by atoms with Gasteiger partial charge in [0.2, 0.25) is 0 Å². The Kier molecular flexibility index (Phi) is 4.00. The van der Waals surface area contributed by atoms with Crippen molar-refractivity contribution in [2.75, 3.05) is 13.1 Å². The highest BCUT2D eigenvalue weighted by molar-refractivity contribution is 5.33. The molecule has 0 saturated carbocycles. The number of hydrogen-bond donors (Lipinski definition) is 1. The lowest BCUT2D eigenvalue weighted by Crippen LogP contribution is -2.44. The number of nitrogens with one attached hydrogen (secondary N) is 1. The molecular formula is C16H20FN3. The second-order valence-electron chi connectivity index (χ2n) is 5.84. The quantitative estimate of drug-likeness (QED) is 0.919. The third kappa shape index (κ3) is 2.84. The lowest BCUT2D eigenvalue weighted by Gasteiger charge is -2.32. The highest BCUT2D eigenvalue weighted by atomic mass is 19.1. The zero-order valence-electron chi connectivity index (χ0n) is 11.6. The zero-order chi connectivity index (χ0) is 13.9. The largest absolute Gasteiger partial charge is 0.308 e. The van der Waals surface area contributed by atoms with Gasteiger partial charge in [0.05, 0.1) is 11.6 Å². The molecule has 3 nitrogen and oxygen atoms in total. The molecule has 0 radical (unpaired) electrons. The fraction of sp³-hybridized carbons (Fsp3) is 0.562. The SMILES string of the molecule is N#Cc1cc(F)cc(CNC2CCN3CCCCC23)c1. The van der Waals surface area contributed by atoms with Gasteiger partial charge in [-0.05, 0) is 49.6 Å². The van der Waals surface area contributed by atoms with Crippen LogP contribution < -0.4 is 5.32 Å². The number of hydrogen-bond acceptors (Lipinski definition) is 3. The number of nitriles is 1. The summed E-state index contributed by atoms with van der Waals surface area (Å²) in [4.78, 5) is 2.58. The average Bonchev–Trinajstić information content (AvgIpc) is 2.88. The van der Waals surface area contributed by atoms with Crippen molar-refractivity contribution in [3.05, 3.63) is 35.1 Å². The number of halogens is 1. The van der Waals surface area contributed by atoms with Gasteiger partial charge in [-0.3, -0.25) is 4.90 Å². The minimum atomic E-state index is -0.327. The number of benzene rings is 1. The van der Waals surface area contributed by atoms with Crippen LogP contribution in [0.2, 0.25) is 0 Å². The van der Waals surface area contributed by atoms with Crippen LogP contribution in [0.3, 0.4) is 0 Å². The fourth-order valence-corrected chi connectivity index (χ4v) is 3.55. The van der Waals surface area contributed by atoms with E-state index in [1.54, 1.807) is 6.07 Å².